The molecule has 9 nitrogen and oxygen atoms in total. The molecule has 1 amide bonds. The van der Waals surface area contributed by atoms with Gasteiger partial charge in [-0.25, -0.2) is 9.48 Å². The van der Waals surface area contributed by atoms with Crippen LogP contribution in [0.15, 0.2) is 10.7 Å². The molecule has 0 spiro atoms. The van der Waals surface area contributed by atoms with Crippen LogP contribution >= 0.6 is 0 Å². The Labute approximate surface area is 133 Å². The molecule has 0 unspecified atom stereocenters. The molecule has 1 fully saturated rings. The Bertz CT molecular complexity index is 646. The van der Waals surface area contributed by atoms with E-state index in [0.717, 1.165) is 25.7 Å². The fraction of sp³-hybridized carbons (Fsp3) is 0.643. The zero-order chi connectivity index (χ0) is 16.1. The summed E-state index contributed by atoms with van der Waals surface area (Å²) in [6.45, 7) is 2.17. The van der Waals surface area contributed by atoms with Crippen LogP contribution in [-0.2, 0) is 17.9 Å². The highest BCUT2D eigenvalue weighted by Crippen LogP contribution is 2.17. The summed E-state index contributed by atoms with van der Waals surface area (Å²) in [4.78, 5) is 15.9. The minimum Gasteiger partial charge on any atom is -0.443 e. The Morgan fingerprint density at radius 2 is 2.26 bits per heavy atom. The minimum atomic E-state index is -0.403. The van der Waals surface area contributed by atoms with Gasteiger partial charge >= 0.3 is 6.09 Å². The van der Waals surface area contributed by atoms with Crippen LogP contribution in [-0.4, -0.2) is 37.3 Å². The molecule has 9 heteroatoms. The van der Waals surface area contributed by atoms with Crippen LogP contribution in [0.1, 0.15) is 49.5 Å². The molecular formula is C14H20N6O3. The van der Waals surface area contributed by atoms with E-state index in [4.69, 9.17) is 9.26 Å². The second-order valence-corrected chi connectivity index (χ2v) is 5.69. The van der Waals surface area contributed by atoms with E-state index in [0.29, 0.717) is 24.0 Å². The standard InChI is InChI=1S/C14H20N6O3/c1-10-15-13(18-23-10)8-20-7-12(17-19-20)9-22-14(21)16-11-5-3-2-4-6-11/h7,11H,2-6,8-9H2,1H3,(H,16,21). The van der Waals surface area contributed by atoms with Crippen LogP contribution in [0.4, 0.5) is 4.79 Å². The van der Waals surface area contributed by atoms with Crippen LogP contribution < -0.4 is 5.32 Å². The van der Waals surface area contributed by atoms with Crippen LogP contribution in [0.3, 0.4) is 0 Å². The van der Waals surface area contributed by atoms with Gasteiger partial charge < -0.3 is 14.6 Å². The molecule has 2 aromatic rings. The number of carbonyl (C=O) groups excluding carboxylic acids is 1. The van der Waals surface area contributed by atoms with Crippen LogP contribution in [0.25, 0.3) is 0 Å². The third-order valence-electron chi connectivity index (χ3n) is 3.74. The van der Waals surface area contributed by atoms with E-state index in [1.54, 1.807) is 17.8 Å². The van der Waals surface area contributed by atoms with Crippen molar-refractivity contribution in [2.45, 2.75) is 58.2 Å². The Balaban J connectivity index is 1.44. The number of ether oxygens (including phenoxy) is 1. The number of hydrogen-bond donors (Lipinski definition) is 1. The van der Waals surface area contributed by atoms with Crippen molar-refractivity contribution >= 4 is 6.09 Å². The van der Waals surface area contributed by atoms with Crippen molar-refractivity contribution in [2.24, 2.45) is 0 Å². The van der Waals surface area contributed by atoms with Gasteiger partial charge in [-0.2, -0.15) is 4.98 Å². The summed E-state index contributed by atoms with van der Waals surface area (Å²) in [7, 11) is 0. The predicted octanol–water partition coefficient (Wildman–Crippen LogP) is 1.58. The highest BCUT2D eigenvalue weighted by atomic mass is 16.5. The first kappa shape index (κ1) is 15.4. The Morgan fingerprint density at radius 1 is 1.43 bits per heavy atom. The molecule has 0 saturated heterocycles. The number of rotatable bonds is 5. The van der Waals surface area contributed by atoms with Crippen molar-refractivity contribution in [3.8, 4) is 0 Å². The molecule has 0 aromatic carbocycles. The minimum absolute atomic E-state index is 0.0871. The van der Waals surface area contributed by atoms with Gasteiger partial charge in [0.1, 0.15) is 18.8 Å². The molecule has 1 aliphatic rings. The molecule has 23 heavy (non-hydrogen) atoms. The van der Waals surface area contributed by atoms with Crippen LogP contribution in [0.5, 0.6) is 0 Å². The fourth-order valence-electron chi connectivity index (χ4n) is 2.63. The highest BCUT2D eigenvalue weighted by Gasteiger charge is 2.16. The maximum absolute atomic E-state index is 11.8. The molecule has 0 atom stereocenters. The van der Waals surface area contributed by atoms with Gasteiger partial charge in [-0.15, -0.1) is 5.10 Å². The van der Waals surface area contributed by atoms with Gasteiger partial charge in [0.05, 0.1) is 6.20 Å². The van der Waals surface area contributed by atoms with Crippen LogP contribution in [0, 0.1) is 6.92 Å². The maximum Gasteiger partial charge on any atom is 0.407 e. The average molecular weight is 320 g/mol. The first-order valence-corrected chi connectivity index (χ1v) is 7.80. The summed E-state index contributed by atoms with van der Waals surface area (Å²) in [5, 5.41) is 14.6. The van der Waals surface area contributed by atoms with Crippen molar-refractivity contribution in [1.82, 2.24) is 30.5 Å². The molecule has 2 aromatic heterocycles. The average Bonchev–Trinajstić information content (AvgIpc) is 3.16. The lowest BCUT2D eigenvalue weighted by atomic mass is 9.96. The lowest BCUT2D eigenvalue weighted by Crippen LogP contribution is -2.36. The smallest absolute Gasteiger partial charge is 0.407 e. The van der Waals surface area contributed by atoms with Gasteiger partial charge in [0, 0.05) is 13.0 Å². The number of carbonyl (C=O) groups is 1. The number of amides is 1. The number of hydrogen-bond acceptors (Lipinski definition) is 7. The Morgan fingerprint density at radius 3 is 3.00 bits per heavy atom. The molecule has 1 N–H and O–H groups in total. The molecule has 124 valence electrons. The monoisotopic (exact) mass is 320 g/mol. The number of nitrogens with zero attached hydrogens (tertiary/aromatic N) is 5. The third-order valence-corrected chi connectivity index (χ3v) is 3.74. The summed E-state index contributed by atoms with van der Waals surface area (Å²) < 4.78 is 11.6. The number of aromatic nitrogens is 5. The van der Waals surface area contributed by atoms with E-state index >= 15 is 0 Å². The van der Waals surface area contributed by atoms with Crippen molar-refractivity contribution in [3.63, 3.8) is 0 Å². The van der Waals surface area contributed by atoms with Crippen LogP contribution in [0.2, 0.25) is 0 Å². The van der Waals surface area contributed by atoms with Gasteiger partial charge in [-0.3, -0.25) is 0 Å². The highest BCUT2D eigenvalue weighted by molar-refractivity contribution is 5.67. The molecule has 2 heterocycles. The molecular weight excluding hydrogens is 300 g/mol. The molecule has 0 aliphatic heterocycles. The van der Waals surface area contributed by atoms with Gasteiger partial charge in [0.15, 0.2) is 5.82 Å². The summed E-state index contributed by atoms with van der Waals surface area (Å²) in [6, 6.07) is 0.230. The largest absolute Gasteiger partial charge is 0.443 e. The quantitative estimate of drug-likeness (QED) is 0.890. The number of alkyl carbamates (subject to hydrolysis) is 1. The van der Waals surface area contributed by atoms with E-state index in [-0.39, 0.29) is 12.6 Å². The van der Waals surface area contributed by atoms with Crippen molar-refractivity contribution < 1.29 is 14.1 Å². The second-order valence-electron chi connectivity index (χ2n) is 5.69. The van der Waals surface area contributed by atoms with Crippen molar-refractivity contribution in [2.75, 3.05) is 0 Å². The normalized spacial score (nSPS) is 15.5. The van der Waals surface area contributed by atoms with E-state index < -0.39 is 6.09 Å². The molecule has 0 radical (unpaired) electrons. The van der Waals surface area contributed by atoms with Gasteiger partial charge in [-0.05, 0) is 12.8 Å². The summed E-state index contributed by atoms with van der Waals surface area (Å²) in [6.07, 6.45) is 6.91. The molecule has 3 rings (SSSR count). The van der Waals surface area contributed by atoms with Gasteiger partial charge in [-0.1, -0.05) is 29.6 Å². The van der Waals surface area contributed by atoms with Gasteiger partial charge in [0.2, 0.25) is 5.89 Å². The third kappa shape index (κ3) is 4.51. The number of nitrogens with one attached hydrogen (secondary N) is 1. The van der Waals surface area contributed by atoms with E-state index in [1.165, 1.54) is 6.42 Å². The summed E-state index contributed by atoms with van der Waals surface area (Å²) in [5.41, 5.74) is 0.573. The predicted molar refractivity (Wildman–Crippen MR) is 78.4 cm³/mol. The molecule has 1 aliphatic carbocycles. The van der Waals surface area contributed by atoms with E-state index in [9.17, 15) is 4.79 Å². The first-order valence-electron chi connectivity index (χ1n) is 7.80. The van der Waals surface area contributed by atoms with Gasteiger partial charge in [0.25, 0.3) is 0 Å². The van der Waals surface area contributed by atoms with Crippen molar-refractivity contribution in [3.05, 3.63) is 23.6 Å². The van der Waals surface area contributed by atoms with E-state index in [2.05, 4.69) is 25.8 Å². The Kier molecular flexibility index (Phi) is 4.84. The second kappa shape index (κ2) is 7.21. The lowest BCUT2D eigenvalue weighted by molar-refractivity contribution is 0.131. The summed E-state index contributed by atoms with van der Waals surface area (Å²) in [5.74, 6) is 1.03. The van der Waals surface area contributed by atoms with E-state index in [1.807, 2.05) is 0 Å². The maximum atomic E-state index is 11.8. The zero-order valence-corrected chi connectivity index (χ0v) is 13.1. The zero-order valence-electron chi connectivity index (χ0n) is 13.1. The topological polar surface area (TPSA) is 108 Å². The SMILES string of the molecule is Cc1nc(Cn2cc(COC(=O)NC3CCCCC3)nn2)no1. The first-order chi connectivity index (χ1) is 11.2. The fourth-order valence-corrected chi connectivity index (χ4v) is 2.63. The summed E-state index contributed by atoms with van der Waals surface area (Å²) >= 11 is 0. The molecule has 0 bridgehead atoms. The molecule has 1 saturated carbocycles. The Hall–Kier alpha value is -2.45. The lowest BCUT2D eigenvalue weighted by Gasteiger charge is -2.22. The van der Waals surface area contributed by atoms with Crippen molar-refractivity contribution in [1.29, 1.82) is 0 Å². The number of aryl methyl sites for hydroxylation is 1.